The summed E-state index contributed by atoms with van der Waals surface area (Å²) in [5.74, 6) is 0.313. The zero-order valence-corrected chi connectivity index (χ0v) is 12.5. The van der Waals surface area contributed by atoms with Crippen molar-refractivity contribution in [3.8, 4) is 0 Å². The molecule has 3 rings (SSSR count). The van der Waals surface area contributed by atoms with Gasteiger partial charge in [0.05, 0.1) is 12.0 Å². The third-order valence-electron chi connectivity index (χ3n) is 3.31. The Morgan fingerprint density at radius 2 is 2.24 bits per heavy atom. The molecule has 4 nitrogen and oxygen atoms in total. The van der Waals surface area contributed by atoms with Crippen LogP contribution in [0.3, 0.4) is 0 Å². The van der Waals surface area contributed by atoms with Crippen molar-refractivity contribution < 1.29 is 9.21 Å². The summed E-state index contributed by atoms with van der Waals surface area (Å²) in [6, 6.07) is 10.7. The molecule has 1 aliphatic rings. The molecule has 1 atom stereocenters. The van der Waals surface area contributed by atoms with Gasteiger partial charge in [-0.25, -0.2) is 5.01 Å². The van der Waals surface area contributed by atoms with Crippen molar-refractivity contribution in [3.05, 3.63) is 59.0 Å². The van der Waals surface area contributed by atoms with E-state index in [2.05, 4.69) is 5.10 Å². The second kappa shape index (κ2) is 5.92. The normalized spacial score (nSPS) is 17.9. The first-order valence-electron chi connectivity index (χ1n) is 6.44. The van der Waals surface area contributed by atoms with E-state index in [1.54, 1.807) is 18.4 Å². The van der Waals surface area contributed by atoms with Crippen molar-refractivity contribution >= 4 is 34.8 Å². The van der Waals surface area contributed by atoms with Gasteiger partial charge in [-0.15, -0.1) is 11.6 Å². The summed E-state index contributed by atoms with van der Waals surface area (Å²) in [4.78, 5) is 12.0. The Bertz CT molecular complexity index is 683. The maximum atomic E-state index is 12.0. The summed E-state index contributed by atoms with van der Waals surface area (Å²) in [6.45, 7) is 0. The van der Waals surface area contributed by atoms with Gasteiger partial charge in [0.15, 0.2) is 0 Å². The molecule has 0 radical (unpaired) electrons. The SMILES string of the molecule is O=C(CCl)N1N=C(c2cccc(Cl)c2)C[C@H]1c1ccco1. The van der Waals surface area contributed by atoms with Crippen LogP contribution >= 0.6 is 23.2 Å². The predicted octanol–water partition coefficient (Wildman–Crippen LogP) is 3.85. The molecule has 0 spiro atoms. The molecule has 0 N–H and O–H groups in total. The van der Waals surface area contributed by atoms with E-state index in [4.69, 9.17) is 27.6 Å². The summed E-state index contributed by atoms with van der Waals surface area (Å²) < 4.78 is 5.41. The maximum absolute atomic E-state index is 12.0. The molecule has 0 aliphatic carbocycles. The Morgan fingerprint density at radius 3 is 2.90 bits per heavy atom. The molecule has 0 saturated heterocycles. The van der Waals surface area contributed by atoms with Gasteiger partial charge in [0, 0.05) is 11.4 Å². The number of rotatable bonds is 3. The fourth-order valence-corrected chi connectivity index (χ4v) is 2.66. The number of carbonyl (C=O) groups excluding carboxylic acids is 1. The lowest BCUT2D eigenvalue weighted by Crippen LogP contribution is -2.27. The molecule has 1 aromatic carbocycles. The molecule has 1 amide bonds. The lowest BCUT2D eigenvalue weighted by atomic mass is 10.0. The number of carbonyl (C=O) groups is 1. The van der Waals surface area contributed by atoms with Crippen LogP contribution in [0.25, 0.3) is 0 Å². The largest absolute Gasteiger partial charge is 0.467 e. The molecule has 6 heteroatoms. The highest BCUT2D eigenvalue weighted by Crippen LogP contribution is 2.33. The number of furan rings is 1. The average Bonchev–Trinajstić information content (AvgIpc) is 3.15. The van der Waals surface area contributed by atoms with Crippen molar-refractivity contribution in [1.29, 1.82) is 0 Å². The summed E-state index contributed by atoms with van der Waals surface area (Å²) in [5, 5.41) is 6.43. The Hall–Kier alpha value is -1.78. The highest BCUT2D eigenvalue weighted by Gasteiger charge is 2.34. The number of hydrogen-bond acceptors (Lipinski definition) is 3. The van der Waals surface area contributed by atoms with Crippen molar-refractivity contribution in [3.63, 3.8) is 0 Å². The van der Waals surface area contributed by atoms with Crippen LogP contribution in [0.1, 0.15) is 23.8 Å². The third-order valence-corrected chi connectivity index (χ3v) is 3.77. The summed E-state index contributed by atoms with van der Waals surface area (Å²) in [7, 11) is 0. The third kappa shape index (κ3) is 2.82. The highest BCUT2D eigenvalue weighted by atomic mass is 35.5. The number of benzene rings is 1. The molecule has 2 heterocycles. The van der Waals surface area contributed by atoms with Gasteiger partial charge in [0.1, 0.15) is 17.7 Å². The van der Waals surface area contributed by atoms with E-state index < -0.39 is 0 Å². The van der Waals surface area contributed by atoms with Gasteiger partial charge >= 0.3 is 0 Å². The van der Waals surface area contributed by atoms with Crippen molar-refractivity contribution in [2.75, 3.05) is 5.88 Å². The summed E-state index contributed by atoms with van der Waals surface area (Å²) >= 11 is 11.7. The van der Waals surface area contributed by atoms with Crippen LogP contribution < -0.4 is 0 Å². The zero-order chi connectivity index (χ0) is 14.8. The van der Waals surface area contributed by atoms with Gasteiger partial charge < -0.3 is 4.42 Å². The van der Waals surface area contributed by atoms with Crippen LogP contribution in [0.4, 0.5) is 0 Å². The first-order chi connectivity index (χ1) is 10.2. The smallest absolute Gasteiger partial charge is 0.258 e. The van der Waals surface area contributed by atoms with E-state index in [-0.39, 0.29) is 17.8 Å². The van der Waals surface area contributed by atoms with Crippen molar-refractivity contribution in [2.24, 2.45) is 5.10 Å². The Morgan fingerprint density at radius 1 is 1.38 bits per heavy atom. The van der Waals surface area contributed by atoms with Gasteiger partial charge in [-0.2, -0.15) is 5.10 Å². The van der Waals surface area contributed by atoms with Crippen LogP contribution in [0.5, 0.6) is 0 Å². The molecule has 108 valence electrons. The van der Waals surface area contributed by atoms with Crippen LogP contribution in [-0.4, -0.2) is 22.5 Å². The minimum absolute atomic E-state index is 0.121. The monoisotopic (exact) mass is 322 g/mol. The number of hydrogen-bond donors (Lipinski definition) is 0. The molecule has 0 saturated carbocycles. The van der Waals surface area contributed by atoms with E-state index in [0.29, 0.717) is 17.2 Å². The second-order valence-corrected chi connectivity index (χ2v) is 5.37. The second-order valence-electron chi connectivity index (χ2n) is 4.66. The van der Waals surface area contributed by atoms with Gasteiger partial charge in [-0.05, 0) is 29.8 Å². The molecule has 0 bridgehead atoms. The van der Waals surface area contributed by atoms with Gasteiger partial charge in [-0.1, -0.05) is 23.7 Å². The van der Waals surface area contributed by atoms with Gasteiger partial charge in [0.2, 0.25) is 0 Å². The topological polar surface area (TPSA) is 45.8 Å². The van der Waals surface area contributed by atoms with Crippen molar-refractivity contribution in [1.82, 2.24) is 5.01 Å². The Balaban J connectivity index is 1.95. The van der Waals surface area contributed by atoms with E-state index in [9.17, 15) is 4.79 Å². The number of nitrogens with zero attached hydrogens (tertiary/aromatic N) is 2. The van der Waals surface area contributed by atoms with E-state index in [1.165, 1.54) is 5.01 Å². The molecule has 0 fully saturated rings. The molecule has 21 heavy (non-hydrogen) atoms. The quantitative estimate of drug-likeness (QED) is 0.806. The molecular formula is C15H12Cl2N2O2. The van der Waals surface area contributed by atoms with Crippen LogP contribution in [0, 0.1) is 0 Å². The number of alkyl halides is 1. The van der Waals surface area contributed by atoms with Crippen LogP contribution in [-0.2, 0) is 4.79 Å². The minimum Gasteiger partial charge on any atom is -0.467 e. The summed E-state index contributed by atoms with van der Waals surface area (Å²) in [6.07, 6.45) is 2.15. The zero-order valence-electron chi connectivity index (χ0n) is 11.0. The van der Waals surface area contributed by atoms with Crippen molar-refractivity contribution in [2.45, 2.75) is 12.5 Å². The van der Waals surface area contributed by atoms with Crippen LogP contribution in [0.2, 0.25) is 5.02 Å². The average molecular weight is 323 g/mol. The number of halogens is 2. The fraction of sp³-hybridized carbons (Fsp3) is 0.200. The first-order valence-corrected chi connectivity index (χ1v) is 7.35. The Labute approximate surface area is 131 Å². The van der Waals surface area contributed by atoms with Gasteiger partial charge in [-0.3, -0.25) is 4.79 Å². The number of amides is 1. The molecule has 1 aliphatic heterocycles. The lowest BCUT2D eigenvalue weighted by molar-refractivity contribution is -0.130. The predicted molar refractivity (Wildman–Crippen MR) is 81.6 cm³/mol. The molecule has 1 aromatic heterocycles. The standard InChI is InChI=1S/C15H12Cl2N2O2/c16-9-15(20)19-13(14-5-2-6-21-14)8-12(18-19)10-3-1-4-11(17)7-10/h1-7,13H,8-9H2/t13-/m0/s1. The summed E-state index contributed by atoms with van der Waals surface area (Å²) in [5.41, 5.74) is 1.68. The maximum Gasteiger partial charge on any atom is 0.258 e. The fourth-order valence-electron chi connectivity index (χ4n) is 2.35. The van der Waals surface area contributed by atoms with E-state index in [1.807, 2.05) is 24.3 Å². The minimum atomic E-state index is -0.264. The first kappa shape index (κ1) is 14.2. The lowest BCUT2D eigenvalue weighted by Gasteiger charge is -2.18. The molecule has 0 unspecified atom stereocenters. The Kier molecular flexibility index (Phi) is 3.99. The van der Waals surface area contributed by atoms with Gasteiger partial charge in [0.25, 0.3) is 5.91 Å². The van der Waals surface area contributed by atoms with Crippen LogP contribution in [0.15, 0.2) is 52.2 Å². The van der Waals surface area contributed by atoms with E-state index in [0.717, 1.165) is 11.3 Å². The highest BCUT2D eigenvalue weighted by molar-refractivity contribution is 6.31. The molecular weight excluding hydrogens is 311 g/mol. The van der Waals surface area contributed by atoms with E-state index >= 15 is 0 Å². The number of hydrazone groups is 1. The molecule has 2 aromatic rings.